The molecular weight excluding hydrogens is 250 g/mol. The van der Waals surface area contributed by atoms with Crippen LogP contribution in [0.3, 0.4) is 0 Å². The first-order valence-corrected chi connectivity index (χ1v) is 8.53. The third-order valence-electron chi connectivity index (χ3n) is 3.68. The lowest BCUT2D eigenvalue weighted by Gasteiger charge is -2.43. The highest BCUT2D eigenvalue weighted by Gasteiger charge is 2.29. The normalized spacial score (nSPS) is 19.4. The molecule has 108 valence electrons. The van der Waals surface area contributed by atoms with Crippen LogP contribution in [0.15, 0.2) is 0 Å². The standard InChI is InChI=1S/C13H27NO3S/c1-13(2,3)14(10-7-11-18(15,16)17)12-8-5-4-6-9-12/h12H,4-11H2,1-3H3,(H,15,16,17). The summed E-state index contributed by atoms with van der Waals surface area (Å²) in [6.45, 7) is 7.27. The molecule has 0 aromatic carbocycles. The topological polar surface area (TPSA) is 57.6 Å². The zero-order valence-corrected chi connectivity index (χ0v) is 12.7. The lowest BCUT2D eigenvalue weighted by molar-refractivity contribution is 0.0606. The van der Waals surface area contributed by atoms with Gasteiger partial charge in [-0.05, 0) is 40.0 Å². The summed E-state index contributed by atoms with van der Waals surface area (Å²) in [7, 11) is -3.82. The summed E-state index contributed by atoms with van der Waals surface area (Å²) in [5.41, 5.74) is 0.0568. The van der Waals surface area contributed by atoms with Crippen LogP contribution in [-0.2, 0) is 10.1 Å². The molecule has 0 amide bonds. The maximum atomic E-state index is 10.8. The zero-order valence-electron chi connectivity index (χ0n) is 11.9. The third kappa shape index (κ3) is 5.67. The molecule has 1 aliphatic rings. The molecule has 18 heavy (non-hydrogen) atoms. The van der Waals surface area contributed by atoms with Crippen molar-refractivity contribution in [1.29, 1.82) is 0 Å². The van der Waals surface area contributed by atoms with E-state index in [4.69, 9.17) is 4.55 Å². The Bertz CT molecular complexity index is 340. The summed E-state index contributed by atoms with van der Waals surface area (Å²) < 4.78 is 30.3. The minimum absolute atomic E-state index is 0.0568. The lowest BCUT2D eigenvalue weighted by Crippen LogP contribution is -2.49. The van der Waals surface area contributed by atoms with Crippen molar-refractivity contribution < 1.29 is 13.0 Å². The molecular formula is C13H27NO3S. The molecule has 0 bridgehead atoms. The molecule has 4 nitrogen and oxygen atoms in total. The van der Waals surface area contributed by atoms with E-state index in [2.05, 4.69) is 25.7 Å². The average Bonchev–Trinajstić information content (AvgIpc) is 2.22. The first-order valence-electron chi connectivity index (χ1n) is 6.92. The summed E-state index contributed by atoms with van der Waals surface area (Å²) in [4.78, 5) is 2.41. The smallest absolute Gasteiger partial charge is 0.264 e. The van der Waals surface area contributed by atoms with E-state index in [1.807, 2.05) is 0 Å². The quantitative estimate of drug-likeness (QED) is 0.785. The minimum atomic E-state index is -3.82. The predicted molar refractivity (Wildman–Crippen MR) is 74.4 cm³/mol. The van der Waals surface area contributed by atoms with Gasteiger partial charge in [-0.2, -0.15) is 8.42 Å². The Morgan fingerprint density at radius 1 is 1.17 bits per heavy atom. The average molecular weight is 277 g/mol. The Morgan fingerprint density at radius 2 is 1.72 bits per heavy atom. The van der Waals surface area contributed by atoms with E-state index < -0.39 is 10.1 Å². The van der Waals surface area contributed by atoms with Crippen molar-refractivity contribution in [1.82, 2.24) is 4.90 Å². The molecule has 0 aliphatic heterocycles. The van der Waals surface area contributed by atoms with Crippen LogP contribution in [-0.4, -0.2) is 41.7 Å². The van der Waals surface area contributed by atoms with Crippen LogP contribution in [0.4, 0.5) is 0 Å². The fourth-order valence-corrected chi connectivity index (χ4v) is 3.37. The molecule has 0 unspecified atom stereocenters. The van der Waals surface area contributed by atoms with Gasteiger partial charge in [0.2, 0.25) is 0 Å². The molecule has 0 spiro atoms. The summed E-state index contributed by atoms with van der Waals surface area (Å²) in [6.07, 6.45) is 6.80. The molecule has 0 radical (unpaired) electrons. The molecule has 0 aromatic rings. The van der Waals surface area contributed by atoms with E-state index in [1.54, 1.807) is 0 Å². The van der Waals surface area contributed by atoms with Gasteiger partial charge >= 0.3 is 0 Å². The van der Waals surface area contributed by atoms with E-state index in [0.29, 0.717) is 12.5 Å². The third-order valence-corrected chi connectivity index (χ3v) is 4.48. The Kier molecular flexibility index (Phi) is 5.62. The van der Waals surface area contributed by atoms with Gasteiger partial charge in [-0.15, -0.1) is 0 Å². The highest BCUT2D eigenvalue weighted by molar-refractivity contribution is 7.85. The first kappa shape index (κ1) is 15.9. The van der Waals surface area contributed by atoms with Crippen molar-refractivity contribution in [3.63, 3.8) is 0 Å². The Morgan fingerprint density at radius 3 is 2.17 bits per heavy atom. The maximum absolute atomic E-state index is 10.8. The van der Waals surface area contributed by atoms with Crippen molar-refractivity contribution in [3.05, 3.63) is 0 Å². The Balaban J connectivity index is 2.56. The summed E-state index contributed by atoms with van der Waals surface area (Å²) in [5, 5.41) is 0. The van der Waals surface area contributed by atoms with E-state index in [1.165, 1.54) is 32.1 Å². The highest BCUT2D eigenvalue weighted by Crippen LogP contribution is 2.28. The van der Waals surface area contributed by atoms with Crippen LogP contribution in [0.1, 0.15) is 59.3 Å². The second kappa shape index (κ2) is 6.35. The van der Waals surface area contributed by atoms with Crippen LogP contribution in [0.25, 0.3) is 0 Å². The van der Waals surface area contributed by atoms with Crippen molar-refractivity contribution in [2.24, 2.45) is 0 Å². The van der Waals surface area contributed by atoms with Crippen molar-refractivity contribution in [2.75, 3.05) is 12.3 Å². The summed E-state index contributed by atoms with van der Waals surface area (Å²) in [5.74, 6) is -0.133. The van der Waals surface area contributed by atoms with Crippen LogP contribution < -0.4 is 0 Å². The van der Waals surface area contributed by atoms with Gasteiger partial charge in [0.05, 0.1) is 5.75 Å². The van der Waals surface area contributed by atoms with Gasteiger partial charge in [0.25, 0.3) is 10.1 Å². The van der Waals surface area contributed by atoms with Gasteiger partial charge < -0.3 is 0 Å². The molecule has 1 aliphatic carbocycles. The van der Waals surface area contributed by atoms with Crippen LogP contribution in [0.2, 0.25) is 0 Å². The van der Waals surface area contributed by atoms with Crippen molar-refractivity contribution in [3.8, 4) is 0 Å². The van der Waals surface area contributed by atoms with Gasteiger partial charge in [-0.3, -0.25) is 9.45 Å². The molecule has 0 saturated heterocycles. The van der Waals surface area contributed by atoms with Gasteiger partial charge in [0.15, 0.2) is 0 Å². The van der Waals surface area contributed by atoms with Crippen LogP contribution in [0, 0.1) is 0 Å². The first-order chi connectivity index (χ1) is 8.20. The predicted octanol–water partition coefficient (Wildman–Crippen LogP) is 2.70. The molecule has 0 atom stereocenters. The van der Waals surface area contributed by atoms with Gasteiger partial charge in [-0.1, -0.05) is 19.3 Å². The molecule has 1 rings (SSSR count). The summed E-state index contributed by atoms with van der Waals surface area (Å²) >= 11 is 0. The lowest BCUT2D eigenvalue weighted by atomic mass is 9.90. The molecule has 0 aromatic heterocycles. The molecule has 1 saturated carbocycles. The largest absolute Gasteiger partial charge is 0.296 e. The Hall–Kier alpha value is -0.130. The molecule has 0 heterocycles. The molecule has 1 fully saturated rings. The second-order valence-electron chi connectivity index (χ2n) is 6.30. The minimum Gasteiger partial charge on any atom is -0.296 e. The highest BCUT2D eigenvalue weighted by atomic mass is 32.2. The fraction of sp³-hybridized carbons (Fsp3) is 1.00. The van der Waals surface area contributed by atoms with E-state index in [9.17, 15) is 8.42 Å². The Labute approximate surface area is 112 Å². The maximum Gasteiger partial charge on any atom is 0.264 e. The number of nitrogens with zero attached hydrogens (tertiary/aromatic N) is 1. The van der Waals surface area contributed by atoms with E-state index >= 15 is 0 Å². The number of hydrogen-bond acceptors (Lipinski definition) is 3. The zero-order chi connectivity index (χ0) is 13.8. The summed E-state index contributed by atoms with van der Waals surface area (Å²) in [6, 6.07) is 0.570. The fourth-order valence-electron chi connectivity index (χ4n) is 2.88. The van der Waals surface area contributed by atoms with Crippen LogP contribution in [0.5, 0.6) is 0 Å². The molecule has 1 N–H and O–H groups in total. The van der Waals surface area contributed by atoms with Crippen molar-refractivity contribution >= 4 is 10.1 Å². The van der Waals surface area contributed by atoms with Gasteiger partial charge in [0, 0.05) is 18.1 Å². The second-order valence-corrected chi connectivity index (χ2v) is 7.87. The van der Waals surface area contributed by atoms with Gasteiger partial charge in [0.1, 0.15) is 0 Å². The van der Waals surface area contributed by atoms with Crippen LogP contribution >= 0.6 is 0 Å². The number of rotatable bonds is 5. The number of hydrogen-bond donors (Lipinski definition) is 1. The SMILES string of the molecule is CC(C)(C)N(CCCS(=O)(=O)O)C1CCCCC1. The molecule has 5 heteroatoms. The van der Waals surface area contributed by atoms with E-state index in [0.717, 1.165) is 6.54 Å². The van der Waals surface area contributed by atoms with Crippen molar-refractivity contribution in [2.45, 2.75) is 70.9 Å². The van der Waals surface area contributed by atoms with E-state index in [-0.39, 0.29) is 11.3 Å². The monoisotopic (exact) mass is 277 g/mol. The van der Waals surface area contributed by atoms with Gasteiger partial charge in [-0.25, -0.2) is 0 Å².